The molecule has 0 bridgehead atoms. The van der Waals surface area contributed by atoms with Crippen molar-refractivity contribution in [2.45, 2.75) is 65.1 Å². The molecule has 0 aromatic heterocycles. The number of nitrogens with one attached hydrogen (secondary N) is 1. The van der Waals surface area contributed by atoms with Crippen LogP contribution >= 0.6 is 0 Å². The van der Waals surface area contributed by atoms with Gasteiger partial charge in [0.1, 0.15) is 0 Å². The third kappa shape index (κ3) is 2.98. The van der Waals surface area contributed by atoms with Crippen molar-refractivity contribution in [1.82, 2.24) is 10.2 Å². The van der Waals surface area contributed by atoms with E-state index in [1.807, 2.05) is 0 Å². The summed E-state index contributed by atoms with van der Waals surface area (Å²) in [5.41, 5.74) is 0.332. The Morgan fingerprint density at radius 3 is 2.68 bits per heavy atom. The van der Waals surface area contributed by atoms with Gasteiger partial charge in [-0.3, -0.25) is 0 Å². The summed E-state index contributed by atoms with van der Waals surface area (Å²) in [6.45, 7) is 12.5. The molecule has 3 nitrogen and oxygen atoms in total. The van der Waals surface area contributed by atoms with Gasteiger partial charge in [-0.05, 0) is 45.7 Å². The molecule has 3 heteroatoms. The van der Waals surface area contributed by atoms with E-state index < -0.39 is 0 Å². The molecule has 1 aliphatic carbocycles. The fourth-order valence-corrected chi connectivity index (χ4v) is 3.87. The lowest BCUT2D eigenvalue weighted by atomic mass is 9.61. The van der Waals surface area contributed by atoms with Gasteiger partial charge < -0.3 is 15.0 Å². The quantitative estimate of drug-likeness (QED) is 0.829. The van der Waals surface area contributed by atoms with Crippen LogP contribution in [-0.2, 0) is 4.74 Å². The maximum absolute atomic E-state index is 5.90. The van der Waals surface area contributed by atoms with Crippen molar-refractivity contribution in [2.75, 3.05) is 26.7 Å². The second-order valence-corrected chi connectivity index (χ2v) is 6.89. The summed E-state index contributed by atoms with van der Waals surface area (Å²) < 4.78 is 5.90. The molecule has 19 heavy (non-hydrogen) atoms. The van der Waals surface area contributed by atoms with E-state index >= 15 is 0 Å². The molecule has 1 saturated heterocycles. The molecule has 1 N–H and O–H groups in total. The van der Waals surface area contributed by atoms with Crippen LogP contribution < -0.4 is 5.32 Å². The van der Waals surface area contributed by atoms with Crippen molar-refractivity contribution in [3.8, 4) is 0 Å². The topological polar surface area (TPSA) is 24.5 Å². The molecule has 1 saturated carbocycles. The van der Waals surface area contributed by atoms with Crippen molar-refractivity contribution >= 4 is 0 Å². The van der Waals surface area contributed by atoms with Crippen LogP contribution in [0.4, 0.5) is 0 Å². The zero-order chi connectivity index (χ0) is 14.0. The molecule has 0 aromatic rings. The fraction of sp³-hybridized carbons (Fsp3) is 1.00. The van der Waals surface area contributed by atoms with Crippen LogP contribution in [0, 0.1) is 11.3 Å². The van der Waals surface area contributed by atoms with Crippen LogP contribution in [-0.4, -0.2) is 49.8 Å². The third-order valence-electron chi connectivity index (χ3n) is 5.63. The van der Waals surface area contributed by atoms with E-state index in [0.717, 1.165) is 12.5 Å². The molecule has 2 aliphatic rings. The molecular weight excluding hydrogens is 236 g/mol. The first kappa shape index (κ1) is 15.3. The molecule has 0 aromatic carbocycles. The highest BCUT2D eigenvalue weighted by Crippen LogP contribution is 2.46. The molecule has 0 spiro atoms. The number of rotatable bonds is 5. The van der Waals surface area contributed by atoms with Crippen molar-refractivity contribution in [3.63, 3.8) is 0 Å². The Kier molecular flexibility index (Phi) is 4.91. The molecule has 5 unspecified atom stereocenters. The molecule has 1 heterocycles. The van der Waals surface area contributed by atoms with Gasteiger partial charge in [0.25, 0.3) is 0 Å². The van der Waals surface area contributed by atoms with Crippen molar-refractivity contribution in [2.24, 2.45) is 11.3 Å². The molecule has 0 radical (unpaired) electrons. The zero-order valence-electron chi connectivity index (χ0n) is 13.4. The number of hydrogen-bond acceptors (Lipinski definition) is 3. The van der Waals surface area contributed by atoms with Crippen LogP contribution in [0.2, 0.25) is 0 Å². The summed E-state index contributed by atoms with van der Waals surface area (Å²) in [6.07, 6.45) is 4.14. The fourth-order valence-electron chi connectivity index (χ4n) is 3.87. The van der Waals surface area contributed by atoms with Crippen LogP contribution in [0.3, 0.4) is 0 Å². The van der Waals surface area contributed by atoms with Crippen LogP contribution in [0.15, 0.2) is 0 Å². The first-order chi connectivity index (χ1) is 9.01. The summed E-state index contributed by atoms with van der Waals surface area (Å²) in [5.74, 6) is 0.756. The monoisotopic (exact) mass is 268 g/mol. The van der Waals surface area contributed by atoms with Gasteiger partial charge in [0.2, 0.25) is 0 Å². The van der Waals surface area contributed by atoms with Gasteiger partial charge >= 0.3 is 0 Å². The van der Waals surface area contributed by atoms with E-state index in [1.54, 1.807) is 0 Å². The molecular formula is C16H32N2O. The zero-order valence-corrected chi connectivity index (χ0v) is 13.4. The third-order valence-corrected chi connectivity index (χ3v) is 5.63. The van der Waals surface area contributed by atoms with Gasteiger partial charge in [0.15, 0.2) is 0 Å². The Morgan fingerprint density at radius 1 is 1.37 bits per heavy atom. The Hall–Kier alpha value is -0.120. The maximum Gasteiger partial charge on any atom is 0.0658 e. The second-order valence-electron chi connectivity index (χ2n) is 6.89. The van der Waals surface area contributed by atoms with E-state index in [9.17, 15) is 0 Å². The predicted molar refractivity (Wildman–Crippen MR) is 80.4 cm³/mol. The van der Waals surface area contributed by atoms with Gasteiger partial charge in [-0.25, -0.2) is 0 Å². The molecule has 112 valence electrons. The highest BCUT2D eigenvalue weighted by atomic mass is 16.5. The molecule has 5 atom stereocenters. The number of ether oxygens (including phenoxy) is 1. The average Bonchev–Trinajstić information content (AvgIpc) is 2.39. The lowest BCUT2D eigenvalue weighted by Gasteiger charge is -2.55. The minimum atomic E-state index is 0.332. The molecule has 0 amide bonds. The highest BCUT2D eigenvalue weighted by molar-refractivity contribution is 5.06. The SMILES string of the molecule is CCOC1CC(NC2CCN(C)CC2C)C1(C)CC. The van der Waals surface area contributed by atoms with Gasteiger partial charge in [-0.2, -0.15) is 0 Å². The van der Waals surface area contributed by atoms with Crippen molar-refractivity contribution in [1.29, 1.82) is 0 Å². The number of piperidine rings is 1. The first-order valence-electron chi connectivity index (χ1n) is 8.07. The Bertz CT molecular complexity index is 296. The highest BCUT2D eigenvalue weighted by Gasteiger charge is 2.51. The number of nitrogens with zero attached hydrogens (tertiary/aromatic N) is 1. The van der Waals surface area contributed by atoms with Gasteiger partial charge in [0.05, 0.1) is 6.10 Å². The summed E-state index contributed by atoms with van der Waals surface area (Å²) in [5, 5.41) is 3.95. The lowest BCUT2D eigenvalue weighted by Crippen LogP contribution is -2.65. The van der Waals surface area contributed by atoms with Crippen LogP contribution in [0.25, 0.3) is 0 Å². The normalized spacial score (nSPS) is 44.1. The van der Waals surface area contributed by atoms with E-state index in [2.05, 4.69) is 45.0 Å². The summed E-state index contributed by atoms with van der Waals surface area (Å²) in [6, 6.07) is 1.33. The predicted octanol–water partition coefficient (Wildman–Crippen LogP) is 2.51. The summed E-state index contributed by atoms with van der Waals surface area (Å²) in [4.78, 5) is 2.45. The largest absolute Gasteiger partial charge is 0.378 e. The smallest absolute Gasteiger partial charge is 0.0658 e. The summed E-state index contributed by atoms with van der Waals surface area (Å²) in [7, 11) is 2.23. The van der Waals surface area contributed by atoms with E-state index in [1.165, 1.54) is 32.4 Å². The molecule has 2 fully saturated rings. The van der Waals surface area contributed by atoms with Gasteiger partial charge in [-0.15, -0.1) is 0 Å². The molecule has 2 rings (SSSR count). The average molecular weight is 268 g/mol. The van der Waals surface area contributed by atoms with Crippen LogP contribution in [0.1, 0.15) is 47.0 Å². The number of hydrogen-bond donors (Lipinski definition) is 1. The first-order valence-corrected chi connectivity index (χ1v) is 8.07. The maximum atomic E-state index is 5.90. The second kappa shape index (κ2) is 6.11. The van der Waals surface area contributed by atoms with Gasteiger partial charge in [0, 0.05) is 30.7 Å². The molecule has 1 aliphatic heterocycles. The minimum absolute atomic E-state index is 0.332. The Balaban J connectivity index is 1.89. The standard InChI is InChI=1S/C16H32N2O/c1-6-16(4)14(10-15(16)19-7-2)17-13-8-9-18(5)11-12(13)3/h12-15,17H,6-11H2,1-5H3. The van der Waals surface area contributed by atoms with E-state index in [0.29, 0.717) is 23.6 Å². The Morgan fingerprint density at radius 2 is 2.11 bits per heavy atom. The van der Waals surface area contributed by atoms with Gasteiger partial charge in [-0.1, -0.05) is 20.8 Å². The van der Waals surface area contributed by atoms with E-state index in [-0.39, 0.29) is 0 Å². The lowest BCUT2D eigenvalue weighted by molar-refractivity contribution is -0.130. The van der Waals surface area contributed by atoms with E-state index in [4.69, 9.17) is 4.74 Å². The summed E-state index contributed by atoms with van der Waals surface area (Å²) >= 11 is 0. The van der Waals surface area contributed by atoms with Crippen molar-refractivity contribution in [3.05, 3.63) is 0 Å². The van der Waals surface area contributed by atoms with Crippen molar-refractivity contribution < 1.29 is 4.74 Å². The minimum Gasteiger partial charge on any atom is -0.378 e. The Labute approximate surface area is 119 Å². The number of likely N-dealkylation sites (tertiary alicyclic amines) is 1. The van der Waals surface area contributed by atoms with Crippen LogP contribution in [0.5, 0.6) is 0 Å².